The molecule has 3 nitrogen and oxygen atoms in total. The van der Waals surface area contributed by atoms with Crippen molar-refractivity contribution < 1.29 is 9.18 Å². The van der Waals surface area contributed by atoms with E-state index in [1.165, 1.54) is 12.1 Å². The molecule has 2 amide bonds. The van der Waals surface area contributed by atoms with E-state index in [1.54, 1.807) is 28.8 Å². The van der Waals surface area contributed by atoms with Gasteiger partial charge in [0, 0.05) is 18.0 Å². The Kier molecular flexibility index (Phi) is 4.10. The molecule has 21 heavy (non-hydrogen) atoms. The number of nitrogens with zero attached hydrogens (tertiary/aromatic N) is 1. The van der Waals surface area contributed by atoms with Gasteiger partial charge in [0.1, 0.15) is 11.2 Å². The number of hydrogen-bond acceptors (Lipinski definition) is 2. The second kappa shape index (κ2) is 6.18. The highest BCUT2D eigenvalue weighted by Crippen LogP contribution is 2.38. The van der Waals surface area contributed by atoms with Gasteiger partial charge in [-0.2, -0.15) is 0 Å². The minimum Gasteiger partial charge on any atom is -0.308 e. The van der Waals surface area contributed by atoms with Crippen LogP contribution >= 0.6 is 11.8 Å². The fraction of sp³-hybridized carbons (Fsp3) is 0.188. The van der Waals surface area contributed by atoms with Crippen molar-refractivity contribution in [2.45, 2.75) is 5.37 Å². The third kappa shape index (κ3) is 3.19. The first-order valence-electron chi connectivity index (χ1n) is 6.74. The van der Waals surface area contributed by atoms with Crippen LogP contribution in [0, 0.1) is 5.82 Å². The van der Waals surface area contributed by atoms with Crippen molar-refractivity contribution in [1.29, 1.82) is 0 Å². The molecule has 0 bridgehead atoms. The van der Waals surface area contributed by atoms with Gasteiger partial charge in [-0.1, -0.05) is 30.3 Å². The van der Waals surface area contributed by atoms with Crippen LogP contribution in [0.4, 0.5) is 14.9 Å². The molecule has 2 aromatic carbocycles. The van der Waals surface area contributed by atoms with E-state index >= 15 is 0 Å². The predicted octanol–water partition coefficient (Wildman–Crippen LogP) is 4.11. The molecule has 1 aliphatic rings. The SMILES string of the molecule is O=C(Nc1ccccc1)N1CCSC1c1ccc(F)cc1. The second-order valence-corrected chi connectivity index (χ2v) is 5.95. The number of urea groups is 1. The van der Waals surface area contributed by atoms with E-state index in [4.69, 9.17) is 0 Å². The maximum absolute atomic E-state index is 13.0. The molecule has 0 aromatic heterocycles. The fourth-order valence-corrected chi connectivity index (χ4v) is 3.55. The molecule has 1 unspecified atom stereocenters. The number of para-hydroxylation sites is 1. The minimum atomic E-state index is -0.262. The molecule has 0 saturated carbocycles. The van der Waals surface area contributed by atoms with Crippen molar-refractivity contribution in [2.24, 2.45) is 0 Å². The van der Waals surface area contributed by atoms with Gasteiger partial charge in [0.25, 0.3) is 0 Å². The first-order valence-corrected chi connectivity index (χ1v) is 7.78. The molecular weight excluding hydrogens is 287 g/mol. The Morgan fingerprint density at radius 3 is 2.57 bits per heavy atom. The van der Waals surface area contributed by atoms with Gasteiger partial charge in [0.2, 0.25) is 0 Å². The minimum absolute atomic E-state index is 0.0608. The molecule has 108 valence electrons. The van der Waals surface area contributed by atoms with Gasteiger partial charge < -0.3 is 10.2 Å². The molecule has 1 atom stereocenters. The molecule has 1 fully saturated rings. The van der Waals surface area contributed by atoms with Crippen LogP contribution in [0.2, 0.25) is 0 Å². The van der Waals surface area contributed by atoms with Crippen LogP contribution in [-0.2, 0) is 0 Å². The fourth-order valence-electron chi connectivity index (χ4n) is 2.30. The molecular formula is C16H15FN2OS. The van der Waals surface area contributed by atoms with Crippen molar-refractivity contribution in [2.75, 3.05) is 17.6 Å². The highest BCUT2D eigenvalue weighted by molar-refractivity contribution is 7.99. The Hall–Kier alpha value is -2.01. The van der Waals surface area contributed by atoms with E-state index in [2.05, 4.69) is 5.32 Å². The predicted molar refractivity (Wildman–Crippen MR) is 83.8 cm³/mol. The van der Waals surface area contributed by atoms with Crippen LogP contribution in [0.5, 0.6) is 0 Å². The second-order valence-electron chi connectivity index (χ2n) is 4.76. The van der Waals surface area contributed by atoms with E-state index in [0.717, 1.165) is 17.0 Å². The summed E-state index contributed by atoms with van der Waals surface area (Å²) >= 11 is 1.69. The number of rotatable bonds is 2. The summed E-state index contributed by atoms with van der Waals surface area (Å²) in [4.78, 5) is 14.2. The van der Waals surface area contributed by atoms with Crippen LogP contribution in [0.25, 0.3) is 0 Å². The van der Waals surface area contributed by atoms with Gasteiger partial charge in [-0.15, -0.1) is 11.8 Å². The van der Waals surface area contributed by atoms with Crippen molar-refractivity contribution >= 4 is 23.5 Å². The summed E-state index contributed by atoms with van der Waals surface area (Å²) in [6.45, 7) is 0.686. The number of benzene rings is 2. The lowest BCUT2D eigenvalue weighted by atomic mass is 10.2. The summed E-state index contributed by atoms with van der Waals surface area (Å²) in [6, 6.07) is 15.6. The Morgan fingerprint density at radius 2 is 1.86 bits per heavy atom. The van der Waals surface area contributed by atoms with Crippen LogP contribution in [0.3, 0.4) is 0 Å². The third-order valence-electron chi connectivity index (χ3n) is 3.33. The van der Waals surface area contributed by atoms with Crippen molar-refractivity contribution in [3.8, 4) is 0 Å². The average molecular weight is 302 g/mol. The standard InChI is InChI=1S/C16H15FN2OS/c17-13-8-6-12(7-9-13)15-19(10-11-21-15)16(20)18-14-4-2-1-3-5-14/h1-9,15H,10-11H2,(H,18,20). The zero-order valence-corrected chi connectivity index (χ0v) is 12.1. The van der Waals surface area contributed by atoms with E-state index in [1.807, 2.05) is 30.3 Å². The highest BCUT2D eigenvalue weighted by atomic mass is 32.2. The largest absolute Gasteiger partial charge is 0.323 e. The number of carbonyl (C=O) groups is 1. The smallest absolute Gasteiger partial charge is 0.308 e. The van der Waals surface area contributed by atoms with E-state index < -0.39 is 0 Å². The highest BCUT2D eigenvalue weighted by Gasteiger charge is 2.30. The molecule has 3 rings (SSSR count). The van der Waals surface area contributed by atoms with E-state index in [0.29, 0.717) is 6.54 Å². The zero-order chi connectivity index (χ0) is 14.7. The number of anilines is 1. The molecule has 2 aromatic rings. The lowest BCUT2D eigenvalue weighted by Gasteiger charge is -2.24. The molecule has 1 aliphatic heterocycles. The molecule has 5 heteroatoms. The third-order valence-corrected chi connectivity index (χ3v) is 4.59. The van der Waals surface area contributed by atoms with Crippen LogP contribution < -0.4 is 5.32 Å². The van der Waals surface area contributed by atoms with E-state index in [-0.39, 0.29) is 17.2 Å². The topological polar surface area (TPSA) is 32.3 Å². The summed E-state index contributed by atoms with van der Waals surface area (Å²) in [5.74, 6) is 0.617. The number of nitrogens with one attached hydrogen (secondary N) is 1. The number of thioether (sulfide) groups is 1. The lowest BCUT2D eigenvalue weighted by molar-refractivity contribution is 0.214. The van der Waals surface area contributed by atoms with Crippen LogP contribution in [0.15, 0.2) is 54.6 Å². The normalized spacial score (nSPS) is 17.8. The summed E-state index contributed by atoms with van der Waals surface area (Å²) in [5, 5.41) is 2.83. The Bertz CT molecular complexity index is 618. The monoisotopic (exact) mass is 302 g/mol. The van der Waals surface area contributed by atoms with E-state index in [9.17, 15) is 9.18 Å². The number of halogens is 1. The van der Waals surface area contributed by atoms with Crippen LogP contribution in [0.1, 0.15) is 10.9 Å². The quantitative estimate of drug-likeness (QED) is 0.905. The van der Waals surface area contributed by atoms with Gasteiger partial charge in [-0.3, -0.25) is 0 Å². The Morgan fingerprint density at radius 1 is 1.14 bits per heavy atom. The lowest BCUT2D eigenvalue weighted by Crippen LogP contribution is -2.34. The summed E-state index contributed by atoms with van der Waals surface area (Å²) in [7, 11) is 0. The first kappa shape index (κ1) is 13.9. The van der Waals surface area contributed by atoms with Crippen molar-refractivity contribution in [1.82, 2.24) is 4.90 Å². The zero-order valence-electron chi connectivity index (χ0n) is 11.3. The molecule has 0 aliphatic carbocycles. The number of hydrogen-bond donors (Lipinski definition) is 1. The Balaban J connectivity index is 1.74. The summed E-state index contributed by atoms with van der Waals surface area (Å²) in [6.07, 6.45) is 0. The summed E-state index contributed by atoms with van der Waals surface area (Å²) in [5.41, 5.74) is 1.72. The number of amides is 2. The van der Waals surface area contributed by atoms with Crippen molar-refractivity contribution in [3.05, 3.63) is 66.0 Å². The molecule has 1 heterocycles. The summed E-state index contributed by atoms with van der Waals surface area (Å²) < 4.78 is 13.0. The number of carbonyl (C=O) groups excluding carboxylic acids is 1. The average Bonchev–Trinajstić information content (AvgIpc) is 2.98. The maximum atomic E-state index is 13.0. The van der Waals surface area contributed by atoms with Crippen LogP contribution in [-0.4, -0.2) is 23.2 Å². The molecule has 0 spiro atoms. The molecule has 1 N–H and O–H groups in total. The van der Waals surface area contributed by atoms with Gasteiger partial charge >= 0.3 is 6.03 Å². The van der Waals surface area contributed by atoms with Gasteiger partial charge in [-0.25, -0.2) is 9.18 Å². The molecule has 0 radical (unpaired) electrons. The van der Waals surface area contributed by atoms with Gasteiger partial charge in [-0.05, 0) is 29.8 Å². The first-order chi connectivity index (χ1) is 10.2. The molecule has 1 saturated heterocycles. The van der Waals surface area contributed by atoms with Gasteiger partial charge in [0.05, 0.1) is 0 Å². The van der Waals surface area contributed by atoms with Crippen molar-refractivity contribution in [3.63, 3.8) is 0 Å². The Labute approximate surface area is 127 Å². The maximum Gasteiger partial charge on any atom is 0.323 e. The van der Waals surface area contributed by atoms with Gasteiger partial charge in [0.15, 0.2) is 0 Å².